The molecule has 4 aromatic rings. The van der Waals surface area contributed by atoms with E-state index in [0.717, 1.165) is 23.8 Å². The molecule has 0 radical (unpaired) electrons. The zero-order chi connectivity index (χ0) is 23.2. The summed E-state index contributed by atoms with van der Waals surface area (Å²) in [6.07, 6.45) is 0. The summed E-state index contributed by atoms with van der Waals surface area (Å²) in [5.74, 6) is -9.61. The van der Waals surface area contributed by atoms with E-state index in [4.69, 9.17) is 4.42 Å². The van der Waals surface area contributed by atoms with Crippen LogP contribution >= 0.6 is 0 Å². The van der Waals surface area contributed by atoms with E-state index in [0.29, 0.717) is 17.0 Å². The topological polar surface area (TPSA) is 64.4 Å². The number of aromatic nitrogens is 1. The molecule has 5 nitrogen and oxygen atoms in total. The highest BCUT2D eigenvalue weighted by atomic mass is 19.2. The Kier molecular flexibility index (Phi) is 5.33. The fourth-order valence-electron chi connectivity index (χ4n) is 3.41. The van der Waals surface area contributed by atoms with E-state index in [-0.39, 0.29) is 5.69 Å². The summed E-state index contributed by atoms with van der Waals surface area (Å²) in [7, 11) is 0.847. The first kappa shape index (κ1) is 21.4. The number of methoxy groups -OCH3 is 1. The van der Waals surface area contributed by atoms with Gasteiger partial charge in [-0.2, -0.15) is 8.78 Å². The van der Waals surface area contributed by atoms with Crippen molar-refractivity contribution in [2.24, 2.45) is 0 Å². The van der Waals surface area contributed by atoms with Gasteiger partial charge in [0.25, 0.3) is 5.91 Å². The largest absolute Gasteiger partial charge is 0.491 e. The number of hydrogen-bond donors (Lipinski definition) is 1. The molecule has 9 heteroatoms. The average Bonchev–Trinajstić information content (AvgIpc) is 3.16. The second kappa shape index (κ2) is 7.99. The molecule has 0 fully saturated rings. The Bertz CT molecular complexity index is 1330. The molecule has 0 atom stereocenters. The summed E-state index contributed by atoms with van der Waals surface area (Å²) >= 11 is 0. The van der Waals surface area contributed by atoms with E-state index in [1.165, 1.54) is 18.2 Å². The zero-order valence-corrected chi connectivity index (χ0v) is 17.1. The van der Waals surface area contributed by atoms with Gasteiger partial charge in [-0.25, -0.2) is 13.8 Å². The standard InChI is InChI=1S/C23H16F4N2O3/c1-10-6-11(2)8-12(7-10)23-29-14-9-13(4-5-15(14)32-23)28-22(30)16-17(24)19(26)21(31-3)20(27)18(16)25/h4-9H,1-3H3,(H,28,30). The molecule has 4 rings (SSSR count). The first-order valence-corrected chi connectivity index (χ1v) is 9.40. The molecule has 1 amide bonds. The molecule has 0 spiro atoms. The molecule has 0 aliphatic heterocycles. The van der Waals surface area contributed by atoms with Gasteiger partial charge in [-0.05, 0) is 44.2 Å². The van der Waals surface area contributed by atoms with Gasteiger partial charge in [0.15, 0.2) is 23.0 Å². The van der Waals surface area contributed by atoms with Crippen LogP contribution in [-0.2, 0) is 0 Å². The maximum absolute atomic E-state index is 14.2. The number of carbonyl (C=O) groups is 1. The van der Waals surface area contributed by atoms with Crippen molar-refractivity contribution >= 4 is 22.7 Å². The van der Waals surface area contributed by atoms with Gasteiger partial charge in [-0.1, -0.05) is 17.2 Å². The SMILES string of the molecule is COc1c(F)c(F)c(C(=O)Nc2ccc3oc(-c4cc(C)cc(C)c4)nc3c2)c(F)c1F. The molecule has 0 saturated heterocycles. The number of benzene rings is 3. The number of ether oxygens (including phenoxy) is 1. The van der Waals surface area contributed by atoms with Crippen molar-refractivity contribution in [1.82, 2.24) is 4.98 Å². The van der Waals surface area contributed by atoms with Gasteiger partial charge < -0.3 is 14.5 Å². The van der Waals surface area contributed by atoms with Crippen molar-refractivity contribution in [2.75, 3.05) is 12.4 Å². The quantitative estimate of drug-likeness (QED) is 0.313. The third kappa shape index (κ3) is 3.66. The Hall–Kier alpha value is -3.88. The molecule has 0 unspecified atom stereocenters. The van der Waals surface area contributed by atoms with Crippen LogP contribution in [0.2, 0.25) is 0 Å². The van der Waals surface area contributed by atoms with Crippen LogP contribution in [0.4, 0.5) is 23.2 Å². The lowest BCUT2D eigenvalue weighted by atomic mass is 10.1. The van der Waals surface area contributed by atoms with Crippen LogP contribution in [0.15, 0.2) is 40.8 Å². The van der Waals surface area contributed by atoms with Crippen LogP contribution in [0.1, 0.15) is 21.5 Å². The first-order chi connectivity index (χ1) is 15.2. The number of anilines is 1. The van der Waals surface area contributed by atoms with Crippen molar-refractivity contribution in [3.8, 4) is 17.2 Å². The molecule has 0 bridgehead atoms. The van der Waals surface area contributed by atoms with Crippen LogP contribution in [0.25, 0.3) is 22.6 Å². The molecular weight excluding hydrogens is 428 g/mol. The van der Waals surface area contributed by atoms with Crippen LogP contribution in [-0.4, -0.2) is 18.0 Å². The minimum Gasteiger partial charge on any atom is -0.491 e. The number of amides is 1. The Labute approximate surface area is 179 Å². The van der Waals surface area contributed by atoms with Gasteiger partial charge in [0, 0.05) is 11.3 Å². The number of nitrogens with one attached hydrogen (secondary N) is 1. The lowest BCUT2D eigenvalue weighted by Crippen LogP contribution is -2.18. The number of rotatable bonds is 4. The number of nitrogens with zero attached hydrogens (tertiary/aromatic N) is 1. The molecule has 1 N–H and O–H groups in total. The normalized spacial score (nSPS) is 11.1. The van der Waals surface area contributed by atoms with Gasteiger partial charge in [0.05, 0.1) is 7.11 Å². The fourth-order valence-corrected chi connectivity index (χ4v) is 3.41. The second-order valence-electron chi connectivity index (χ2n) is 7.20. The summed E-state index contributed by atoms with van der Waals surface area (Å²) in [4.78, 5) is 16.8. The van der Waals surface area contributed by atoms with Gasteiger partial charge in [0.1, 0.15) is 11.1 Å². The Morgan fingerprint density at radius 1 is 0.938 bits per heavy atom. The lowest BCUT2D eigenvalue weighted by molar-refractivity contribution is 0.101. The lowest BCUT2D eigenvalue weighted by Gasteiger charge is -2.11. The molecule has 0 aliphatic carbocycles. The minimum atomic E-state index is -1.86. The molecule has 1 aromatic heterocycles. The highest BCUT2D eigenvalue weighted by Crippen LogP contribution is 2.31. The summed E-state index contributed by atoms with van der Waals surface area (Å²) in [6.45, 7) is 3.88. The summed E-state index contributed by atoms with van der Waals surface area (Å²) in [5.41, 5.74) is 2.28. The summed E-state index contributed by atoms with van der Waals surface area (Å²) < 4.78 is 66.3. The summed E-state index contributed by atoms with van der Waals surface area (Å²) in [5, 5.41) is 2.22. The third-order valence-electron chi connectivity index (χ3n) is 4.77. The molecule has 0 aliphatic rings. The molecule has 164 valence electrons. The van der Waals surface area contributed by atoms with E-state index in [1.54, 1.807) is 0 Å². The first-order valence-electron chi connectivity index (χ1n) is 9.40. The smallest absolute Gasteiger partial charge is 0.261 e. The number of hydrogen-bond acceptors (Lipinski definition) is 4. The van der Waals surface area contributed by atoms with E-state index >= 15 is 0 Å². The highest BCUT2D eigenvalue weighted by molar-refractivity contribution is 6.05. The predicted octanol–water partition coefficient (Wildman–Crippen LogP) is 5.93. The fraction of sp³-hybridized carbons (Fsp3) is 0.130. The van der Waals surface area contributed by atoms with Crippen LogP contribution in [0.5, 0.6) is 5.75 Å². The molecule has 3 aromatic carbocycles. The highest BCUT2D eigenvalue weighted by Gasteiger charge is 2.30. The van der Waals surface area contributed by atoms with Crippen LogP contribution < -0.4 is 10.1 Å². The number of halogens is 4. The van der Waals surface area contributed by atoms with E-state index in [1.807, 2.05) is 32.0 Å². The Morgan fingerprint density at radius 3 is 2.16 bits per heavy atom. The van der Waals surface area contributed by atoms with Gasteiger partial charge in [-0.15, -0.1) is 0 Å². The molecule has 1 heterocycles. The minimum absolute atomic E-state index is 0.0956. The van der Waals surface area contributed by atoms with E-state index in [9.17, 15) is 22.4 Å². The maximum atomic E-state index is 14.2. The predicted molar refractivity (Wildman–Crippen MR) is 110 cm³/mol. The van der Waals surface area contributed by atoms with E-state index in [2.05, 4.69) is 15.0 Å². The maximum Gasteiger partial charge on any atom is 0.261 e. The Morgan fingerprint density at radius 2 is 1.56 bits per heavy atom. The van der Waals surface area contributed by atoms with Crippen LogP contribution in [0, 0.1) is 37.1 Å². The van der Waals surface area contributed by atoms with E-state index < -0.39 is 40.5 Å². The monoisotopic (exact) mass is 444 g/mol. The van der Waals surface area contributed by atoms with Crippen molar-refractivity contribution in [1.29, 1.82) is 0 Å². The van der Waals surface area contributed by atoms with Gasteiger partial charge >= 0.3 is 0 Å². The number of fused-ring (bicyclic) bond motifs is 1. The van der Waals surface area contributed by atoms with Gasteiger partial charge in [-0.3, -0.25) is 4.79 Å². The summed E-state index contributed by atoms with van der Waals surface area (Å²) in [6, 6.07) is 10.1. The van der Waals surface area contributed by atoms with Crippen LogP contribution in [0.3, 0.4) is 0 Å². The second-order valence-corrected chi connectivity index (χ2v) is 7.20. The molecular formula is C23H16F4N2O3. The van der Waals surface area contributed by atoms with Crippen molar-refractivity contribution in [3.05, 3.63) is 76.4 Å². The van der Waals surface area contributed by atoms with Crippen molar-refractivity contribution in [3.63, 3.8) is 0 Å². The molecule has 32 heavy (non-hydrogen) atoms. The number of oxazole rings is 1. The van der Waals surface area contributed by atoms with Crippen molar-refractivity contribution < 1.29 is 31.5 Å². The van der Waals surface area contributed by atoms with Crippen molar-refractivity contribution in [2.45, 2.75) is 13.8 Å². The third-order valence-corrected chi connectivity index (χ3v) is 4.77. The number of carbonyl (C=O) groups excluding carboxylic acids is 1. The average molecular weight is 444 g/mol. The number of aryl methyl sites for hydroxylation is 2. The molecule has 0 saturated carbocycles. The Balaban J connectivity index is 1.68. The zero-order valence-electron chi connectivity index (χ0n) is 17.1. The van der Waals surface area contributed by atoms with Gasteiger partial charge in [0.2, 0.25) is 17.5 Å².